The Morgan fingerprint density at radius 3 is 3.06 bits per heavy atom. The first-order valence-electron chi connectivity index (χ1n) is 5.17. The molecule has 2 aromatic heterocycles. The van der Waals surface area contributed by atoms with Crippen LogP contribution in [0.1, 0.15) is 17.3 Å². The summed E-state index contributed by atoms with van der Waals surface area (Å²) in [6.45, 7) is 2.63. The number of rotatable bonds is 4. The van der Waals surface area contributed by atoms with Crippen molar-refractivity contribution in [2.24, 2.45) is 0 Å². The Hall–Kier alpha value is -1.54. The van der Waals surface area contributed by atoms with Crippen molar-refractivity contribution < 1.29 is 4.79 Å². The Labute approximate surface area is 116 Å². The Bertz CT molecular complexity index is 545. The fourth-order valence-electron chi connectivity index (χ4n) is 1.31. The molecule has 18 heavy (non-hydrogen) atoms. The van der Waals surface area contributed by atoms with Crippen LogP contribution in [-0.4, -0.2) is 27.6 Å². The molecule has 6 nitrogen and oxygen atoms in total. The second-order valence-electron chi connectivity index (χ2n) is 3.28. The van der Waals surface area contributed by atoms with E-state index in [4.69, 9.17) is 0 Å². The number of aromatic nitrogens is 3. The van der Waals surface area contributed by atoms with Gasteiger partial charge in [-0.1, -0.05) is 11.3 Å². The zero-order valence-electron chi connectivity index (χ0n) is 9.48. The van der Waals surface area contributed by atoms with Gasteiger partial charge in [0, 0.05) is 17.2 Å². The molecular weight excluding hydrogens is 318 g/mol. The number of hydrogen-bond donors (Lipinski definition) is 2. The third-order valence-corrected chi connectivity index (χ3v) is 3.06. The van der Waals surface area contributed by atoms with Gasteiger partial charge in [0.1, 0.15) is 11.3 Å². The van der Waals surface area contributed by atoms with E-state index in [-0.39, 0.29) is 5.91 Å². The van der Waals surface area contributed by atoms with Gasteiger partial charge in [-0.25, -0.2) is 4.98 Å². The Kier molecular flexibility index (Phi) is 4.21. The molecule has 0 aromatic carbocycles. The summed E-state index contributed by atoms with van der Waals surface area (Å²) in [7, 11) is 0. The molecule has 0 spiro atoms. The first-order valence-corrected chi connectivity index (χ1v) is 6.85. The van der Waals surface area contributed by atoms with E-state index in [9.17, 15) is 4.79 Å². The lowest BCUT2D eigenvalue weighted by atomic mass is 10.2. The van der Waals surface area contributed by atoms with Gasteiger partial charge in [0.15, 0.2) is 0 Å². The monoisotopic (exact) mass is 327 g/mol. The first kappa shape index (κ1) is 12.9. The van der Waals surface area contributed by atoms with Crippen LogP contribution in [0.5, 0.6) is 0 Å². The number of carbonyl (C=O) groups excluding carboxylic acids is 1. The second kappa shape index (κ2) is 5.87. The Morgan fingerprint density at radius 1 is 1.56 bits per heavy atom. The highest BCUT2D eigenvalue weighted by Gasteiger charge is 2.14. The second-order valence-corrected chi connectivity index (χ2v) is 5.03. The molecule has 2 aromatic rings. The predicted molar refractivity (Wildman–Crippen MR) is 74.0 cm³/mol. The van der Waals surface area contributed by atoms with Crippen molar-refractivity contribution in [3.05, 3.63) is 27.8 Å². The lowest BCUT2D eigenvalue weighted by Gasteiger charge is -2.09. The zero-order chi connectivity index (χ0) is 13.0. The molecule has 0 aliphatic rings. The minimum atomic E-state index is -0.267. The summed E-state index contributed by atoms with van der Waals surface area (Å²) in [5.74, 6) is 0.277. The molecule has 1 amide bonds. The van der Waals surface area contributed by atoms with Crippen molar-refractivity contribution in [2.75, 3.05) is 17.2 Å². The molecule has 0 radical (unpaired) electrons. The van der Waals surface area contributed by atoms with Crippen LogP contribution in [-0.2, 0) is 0 Å². The van der Waals surface area contributed by atoms with Crippen LogP contribution in [0.2, 0.25) is 0 Å². The van der Waals surface area contributed by atoms with E-state index in [0.29, 0.717) is 23.1 Å². The maximum Gasteiger partial charge on any atom is 0.261 e. The largest absolute Gasteiger partial charge is 0.370 e. The molecule has 2 rings (SSSR count). The standard InChI is InChI=1S/C10H10BrN5OS/c1-2-12-8-7(3-6(11)4-13-8)9(17)15-10-16-14-5-18-10/h3-5H,2H2,1H3,(H,12,13)(H,15,16,17). The number of nitrogens with zero attached hydrogens (tertiary/aromatic N) is 3. The molecular formula is C10H10BrN5OS. The van der Waals surface area contributed by atoms with Crippen LogP contribution in [0, 0.1) is 0 Å². The van der Waals surface area contributed by atoms with E-state index >= 15 is 0 Å². The van der Waals surface area contributed by atoms with Crippen molar-refractivity contribution in [1.82, 2.24) is 15.2 Å². The first-order chi connectivity index (χ1) is 8.70. The van der Waals surface area contributed by atoms with Crippen LogP contribution < -0.4 is 10.6 Å². The molecule has 2 heterocycles. The molecule has 0 unspecified atom stereocenters. The third-order valence-electron chi connectivity index (χ3n) is 2.02. The van der Waals surface area contributed by atoms with Crippen molar-refractivity contribution in [3.63, 3.8) is 0 Å². The zero-order valence-corrected chi connectivity index (χ0v) is 11.9. The summed E-state index contributed by atoms with van der Waals surface area (Å²) in [6, 6.07) is 1.71. The maximum atomic E-state index is 12.1. The maximum absolute atomic E-state index is 12.1. The van der Waals surface area contributed by atoms with Gasteiger partial charge >= 0.3 is 0 Å². The van der Waals surface area contributed by atoms with Gasteiger partial charge in [0.2, 0.25) is 5.13 Å². The number of halogens is 1. The summed E-state index contributed by atoms with van der Waals surface area (Å²) >= 11 is 4.56. The molecule has 0 aliphatic heterocycles. The summed E-state index contributed by atoms with van der Waals surface area (Å²) < 4.78 is 0.742. The summed E-state index contributed by atoms with van der Waals surface area (Å²) in [6.07, 6.45) is 1.64. The molecule has 8 heteroatoms. The van der Waals surface area contributed by atoms with Gasteiger partial charge < -0.3 is 5.32 Å². The van der Waals surface area contributed by atoms with Crippen molar-refractivity contribution >= 4 is 44.1 Å². The Morgan fingerprint density at radius 2 is 2.39 bits per heavy atom. The molecule has 0 fully saturated rings. The lowest BCUT2D eigenvalue weighted by Crippen LogP contribution is -2.15. The Balaban J connectivity index is 2.25. The van der Waals surface area contributed by atoms with Crippen LogP contribution in [0.25, 0.3) is 0 Å². The minimum Gasteiger partial charge on any atom is -0.370 e. The van der Waals surface area contributed by atoms with E-state index in [0.717, 1.165) is 4.47 Å². The number of hydrogen-bond acceptors (Lipinski definition) is 6. The smallest absolute Gasteiger partial charge is 0.261 e. The van der Waals surface area contributed by atoms with Gasteiger partial charge in [0.25, 0.3) is 5.91 Å². The lowest BCUT2D eigenvalue weighted by molar-refractivity contribution is 0.102. The van der Waals surface area contributed by atoms with E-state index in [1.165, 1.54) is 11.3 Å². The number of pyridine rings is 1. The average molecular weight is 328 g/mol. The van der Waals surface area contributed by atoms with Gasteiger partial charge in [-0.2, -0.15) is 0 Å². The highest BCUT2D eigenvalue weighted by Crippen LogP contribution is 2.20. The molecule has 2 N–H and O–H groups in total. The quantitative estimate of drug-likeness (QED) is 0.901. The van der Waals surface area contributed by atoms with E-state index in [1.54, 1.807) is 17.8 Å². The van der Waals surface area contributed by atoms with Crippen LogP contribution in [0.3, 0.4) is 0 Å². The number of nitrogens with one attached hydrogen (secondary N) is 2. The molecule has 94 valence electrons. The molecule has 0 saturated heterocycles. The van der Waals surface area contributed by atoms with E-state index in [1.807, 2.05) is 6.92 Å². The fourth-order valence-corrected chi connectivity index (χ4v) is 2.08. The van der Waals surface area contributed by atoms with Gasteiger partial charge in [0.05, 0.1) is 5.56 Å². The highest BCUT2D eigenvalue weighted by atomic mass is 79.9. The van der Waals surface area contributed by atoms with Gasteiger partial charge in [-0.3, -0.25) is 10.1 Å². The van der Waals surface area contributed by atoms with Gasteiger partial charge in [-0.15, -0.1) is 10.2 Å². The summed E-state index contributed by atoms with van der Waals surface area (Å²) in [4.78, 5) is 16.3. The summed E-state index contributed by atoms with van der Waals surface area (Å²) in [5.41, 5.74) is 2.02. The normalized spacial score (nSPS) is 10.1. The number of anilines is 2. The number of amides is 1. The topological polar surface area (TPSA) is 79.8 Å². The summed E-state index contributed by atoms with van der Waals surface area (Å²) in [5, 5.41) is 13.6. The third kappa shape index (κ3) is 3.02. The van der Waals surface area contributed by atoms with E-state index < -0.39 is 0 Å². The molecule has 0 bridgehead atoms. The van der Waals surface area contributed by atoms with Crippen molar-refractivity contribution in [3.8, 4) is 0 Å². The SMILES string of the molecule is CCNc1ncc(Br)cc1C(=O)Nc1nncs1. The highest BCUT2D eigenvalue weighted by molar-refractivity contribution is 9.10. The van der Waals surface area contributed by atoms with Crippen molar-refractivity contribution in [2.45, 2.75) is 6.92 Å². The van der Waals surface area contributed by atoms with Crippen LogP contribution in [0.15, 0.2) is 22.2 Å². The van der Waals surface area contributed by atoms with Crippen LogP contribution >= 0.6 is 27.3 Å². The molecule has 0 saturated carbocycles. The van der Waals surface area contributed by atoms with Crippen LogP contribution in [0.4, 0.5) is 10.9 Å². The average Bonchev–Trinajstić information content (AvgIpc) is 2.84. The van der Waals surface area contributed by atoms with E-state index in [2.05, 4.69) is 41.7 Å². The minimum absolute atomic E-state index is 0.267. The number of carbonyl (C=O) groups is 1. The predicted octanol–water partition coefficient (Wildman–Crippen LogP) is 2.38. The molecule has 0 aliphatic carbocycles. The molecule has 0 atom stereocenters. The fraction of sp³-hybridized carbons (Fsp3) is 0.200. The van der Waals surface area contributed by atoms with Crippen molar-refractivity contribution in [1.29, 1.82) is 0 Å². The van der Waals surface area contributed by atoms with Gasteiger partial charge in [-0.05, 0) is 28.9 Å².